The highest BCUT2D eigenvalue weighted by Gasteiger charge is 2.27. The number of carbonyl (C=O) groups is 1. The molecule has 1 heterocycles. The van der Waals surface area contributed by atoms with Crippen LogP contribution in [0.4, 0.5) is 0 Å². The number of aliphatic hydroxyl groups excluding tert-OH is 1. The summed E-state index contributed by atoms with van der Waals surface area (Å²) in [5.74, 6) is 0.444. The van der Waals surface area contributed by atoms with Gasteiger partial charge in [-0.05, 0) is 51.3 Å². The topological polar surface area (TPSA) is 43.8 Å². The van der Waals surface area contributed by atoms with E-state index in [2.05, 4.69) is 11.5 Å². The van der Waals surface area contributed by atoms with Crippen molar-refractivity contribution in [2.75, 3.05) is 32.7 Å². The predicted octanol–water partition coefficient (Wildman–Crippen LogP) is 2.86. The van der Waals surface area contributed by atoms with Crippen molar-refractivity contribution < 1.29 is 9.90 Å². The third-order valence-corrected chi connectivity index (χ3v) is 4.77. The molecule has 1 atom stereocenters. The summed E-state index contributed by atoms with van der Waals surface area (Å²) in [5, 5.41) is 10.5. The van der Waals surface area contributed by atoms with Crippen LogP contribution in [0.25, 0.3) is 0 Å². The Labute approximate surface area is 145 Å². The van der Waals surface area contributed by atoms with Crippen molar-refractivity contribution in [2.45, 2.75) is 32.8 Å². The number of rotatable bonds is 7. The van der Waals surface area contributed by atoms with Gasteiger partial charge in [-0.25, -0.2) is 0 Å². The number of likely N-dealkylation sites (N-methyl/N-ethyl adjacent to an activating group) is 1. The van der Waals surface area contributed by atoms with E-state index in [1.54, 1.807) is 0 Å². The minimum absolute atomic E-state index is 0.169. The third-order valence-electron chi connectivity index (χ3n) is 4.77. The number of aliphatic hydroxyl groups is 1. The summed E-state index contributed by atoms with van der Waals surface area (Å²) in [6, 6.07) is 9.87. The number of hydrogen-bond acceptors (Lipinski definition) is 3. The number of likely N-dealkylation sites (tertiary alicyclic amines) is 1. The summed E-state index contributed by atoms with van der Waals surface area (Å²) in [6.07, 6.45) is 1.45. The first-order valence-electron chi connectivity index (χ1n) is 8.88. The Balaban J connectivity index is 1.82. The standard InChI is InChI=1S/C20H30N2O2/c1-4-22(14-16(2)3)19(23)15-21-12-10-18(11-13-21)20(24)17-8-6-5-7-9-17/h5-9,18,20,24H,2,4,10-15H2,1,3H3. The quantitative estimate of drug-likeness (QED) is 0.782. The van der Waals surface area contributed by atoms with Crippen LogP contribution >= 0.6 is 0 Å². The van der Waals surface area contributed by atoms with Gasteiger partial charge >= 0.3 is 0 Å². The molecule has 1 unspecified atom stereocenters. The maximum absolute atomic E-state index is 12.4. The van der Waals surface area contributed by atoms with E-state index in [9.17, 15) is 9.90 Å². The highest BCUT2D eigenvalue weighted by molar-refractivity contribution is 5.78. The Bertz CT molecular complexity index is 536. The van der Waals surface area contributed by atoms with E-state index in [1.807, 2.05) is 49.1 Å². The first-order chi connectivity index (χ1) is 11.5. The second-order valence-electron chi connectivity index (χ2n) is 6.83. The molecule has 4 heteroatoms. The number of carbonyl (C=O) groups excluding carboxylic acids is 1. The molecule has 1 aliphatic rings. The van der Waals surface area contributed by atoms with Crippen LogP contribution in [-0.2, 0) is 4.79 Å². The van der Waals surface area contributed by atoms with Crippen molar-refractivity contribution >= 4 is 5.91 Å². The van der Waals surface area contributed by atoms with Gasteiger partial charge in [-0.15, -0.1) is 0 Å². The van der Waals surface area contributed by atoms with E-state index in [0.717, 1.165) is 43.6 Å². The lowest BCUT2D eigenvalue weighted by atomic mass is 9.87. The zero-order valence-corrected chi connectivity index (χ0v) is 14.9. The Hall–Kier alpha value is -1.65. The molecular weight excluding hydrogens is 300 g/mol. The SMILES string of the molecule is C=C(C)CN(CC)C(=O)CN1CCC(C(O)c2ccccc2)CC1. The lowest BCUT2D eigenvalue weighted by Crippen LogP contribution is -2.44. The average Bonchev–Trinajstić information content (AvgIpc) is 2.60. The zero-order valence-electron chi connectivity index (χ0n) is 14.9. The first-order valence-corrected chi connectivity index (χ1v) is 8.88. The number of nitrogens with zero attached hydrogens (tertiary/aromatic N) is 2. The normalized spacial score (nSPS) is 17.5. The minimum atomic E-state index is -0.403. The highest BCUT2D eigenvalue weighted by Crippen LogP contribution is 2.30. The molecule has 4 nitrogen and oxygen atoms in total. The lowest BCUT2D eigenvalue weighted by Gasteiger charge is -2.35. The van der Waals surface area contributed by atoms with Crippen LogP contribution in [0.1, 0.15) is 38.4 Å². The van der Waals surface area contributed by atoms with Gasteiger partial charge in [0, 0.05) is 13.1 Å². The molecule has 132 valence electrons. The molecule has 0 saturated carbocycles. The molecule has 1 saturated heterocycles. The number of benzene rings is 1. The molecule has 0 aromatic heterocycles. The van der Waals surface area contributed by atoms with Crippen LogP contribution in [0.5, 0.6) is 0 Å². The summed E-state index contributed by atoms with van der Waals surface area (Å²) in [6.45, 7) is 11.4. The van der Waals surface area contributed by atoms with Gasteiger partial charge in [0.25, 0.3) is 0 Å². The summed E-state index contributed by atoms with van der Waals surface area (Å²) in [5.41, 5.74) is 2.00. The Morgan fingerprint density at radius 1 is 1.33 bits per heavy atom. The molecule has 1 fully saturated rings. The molecule has 1 N–H and O–H groups in total. The van der Waals surface area contributed by atoms with Gasteiger partial charge in [-0.3, -0.25) is 9.69 Å². The van der Waals surface area contributed by atoms with Gasteiger partial charge in [0.15, 0.2) is 0 Å². The second kappa shape index (κ2) is 9.00. The number of amides is 1. The third kappa shape index (κ3) is 5.18. The van der Waals surface area contributed by atoms with Gasteiger partial charge in [-0.1, -0.05) is 42.5 Å². The molecule has 2 rings (SSSR count). The summed E-state index contributed by atoms with van der Waals surface area (Å²) in [7, 11) is 0. The zero-order chi connectivity index (χ0) is 17.5. The largest absolute Gasteiger partial charge is 0.388 e. The minimum Gasteiger partial charge on any atom is -0.388 e. The molecule has 1 aromatic rings. The summed E-state index contributed by atoms with van der Waals surface area (Å²) < 4.78 is 0. The fraction of sp³-hybridized carbons (Fsp3) is 0.550. The van der Waals surface area contributed by atoms with E-state index in [0.29, 0.717) is 13.1 Å². The Kier molecular flexibility index (Phi) is 7.00. The molecule has 1 aliphatic heterocycles. The molecular formula is C20H30N2O2. The molecule has 0 spiro atoms. The lowest BCUT2D eigenvalue weighted by molar-refractivity contribution is -0.132. The van der Waals surface area contributed by atoms with Gasteiger partial charge in [0.05, 0.1) is 12.6 Å². The van der Waals surface area contributed by atoms with E-state index in [1.165, 1.54) is 0 Å². The van der Waals surface area contributed by atoms with Gasteiger partial charge in [-0.2, -0.15) is 0 Å². The van der Waals surface area contributed by atoms with E-state index in [-0.39, 0.29) is 11.8 Å². The van der Waals surface area contributed by atoms with E-state index in [4.69, 9.17) is 0 Å². The Morgan fingerprint density at radius 2 is 1.96 bits per heavy atom. The molecule has 0 bridgehead atoms. The monoisotopic (exact) mass is 330 g/mol. The van der Waals surface area contributed by atoms with Crippen LogP contribution in [0.3, 0.4) is 0 Å². The first kappa shape index (κ1) is 18.7. The summed E-state index contributed by atoms with van der Waals surface area (Å²) >= 11 is 0. The predicted molar refractivity (Wildman–Crippen MR) is 97.6 cm³/mol. The van der Waals surface area contributed by atoms with Crippen molar-refractivity contribution in [1.29, 1.82) is 0 Å². The van der Waals surface area contributed by atoms with E-state index < -0.39 is 6.10 Å². The molecule has 0 radical (unpaired) electrons. The van der Waals surface area contributed by atoms with Crippen LogP contribution in [0.2, 0.25) is 0 Å². The van der Waals surface area contributed by atoms with Crippen molar-refractivity contribution in [3.8, 4) is 0 Å². The highest BCUT2D eigenvalue weighted by atomic mass is 16.3. The van der Waals surface area contributed by atoms with Crippen LogP contribution in [0.15, 0.2) is 42.5 Å². The van der Waals surface area contributed by atoms with Crippen molar-refractivity contribution in [2.24, 2.45) is 5.92 Å². The molecule has 1 amide bonds. The van der Waals surface area contributed by atoms with E-state index >= 15 is 0 Å². The average molecular weight is 330 g/mol. The van der Waals surface area contributed by atoms with Gasteiger partial charge in [0.1, 0.15) is 0 Å². The fourth-order valence-corrected chi connectivity index (χ4v) is 3.34. The molecule has 1 aromatic carbocycles. The Morgan fingerprint density at radius 3 is 2.50 bits per heavy atom. The number of hydrogen-bond donors (Lipinski definition) is 1. The van der Waals surface area contributed by atoms with Crippen molar-refractivity contribution in [1.82, 2.24) is 9.80 Å². The van der Waals surface area contributed by atoms with Crippen molar-refractivity contribution in [3.05, 3.63) is 48.0 Å². The van der Waals surface area contributed by atoms with Crippen LogP contribution < -0.4 is 0 Å². The van der Waals surface area contributed by atoms with Gasteiger partial charge < -0.3 is 10.0 Å². The van der Waals surface area contributed by atoms with Crippen molar-refractivity contribution in [3.63, 3.8) is 0 Å². The fourth-order valence-electron chi connectivity index (χ4n) is 3.34. The number of piperidine rings is 1. The van der Waals surface area contributed by atoms with Crippen LogP contribution in [-0.4, -0.2) is 53.5 Å². The smallest absolute Gasteiger partial charge is 0.237 e. The van der Waals surface area contributed by atoms with Gasteiger partial charge in [0.2, 0.25) is 5.91 Å². The summed E-state index contributed by atoms with van der Waals surface area (Å²) in [4.78, 5) is 16.5. The maximum atomic E-state index is 12.4. The maximum Gasteiger partial charge on any atom is 0.237 e. The molecule has 24 heavy (non-hydrogen) atoms. The second-order valence-corrected chi connectivity index (χ2v) is 6.83. The molecule has 0 aliphatic carbocycles. The van der Waals surface area contributed by atoms with Crippen LogP contribution in [0, 0.1) is 5.92 Å².